The molecule has 4 rings (SSSR count). The van der Waals surface area contributed by atoms with Gasteiger partial charge in [-0.3, -0.25) is 9.59 Å². The number of ether oxygens (including phenoxy) is 2. The number of carbonyl (C=O) groups excluding carboxylic acids is 2. The largest absolute Gasteiger partial charge is 0.492 e. The fourth-order valence-corrected chi connectivity index (χ4v) is 4.36. The van der Waals surface area contributed by atoms with E-state index in [0.717, 1.165) is 17.5 Å². The summed E-state index contributed by atoms with van der Waals surface area (Å²) in [6.45, 7) is 8.94. The van der Waals surface area contributed by atoms with Gasteiger partial charge in [-0.25, -0.2) is 0 Å². The molecular formula is C29H32N4O5. The maximum atomic E-state index is 12.8. The molecule has 3 aromatic rings. The monoisotopic (exact) mass is 516 g/mol. The Morgan fingerprint density at radius 3 is 2.50 bits per heavy atom. The van der Waals surface area contributed by atoms with Gasteiger partial charge in [0.15, 0.2) is 0 Å². The molecule has 0 radical (unpaired) electrons. The lowest BCUT2D eigenvalue weighted by atomic mass is 10.00. The van der Waals surface area contributed by atoms with E-state index in [9.17, 15) is 14.9 Å². The first-order valence-electron chi connectivity index (χ1n) is 12.8. The molecule has 0 spiro atoms. The molecule has 0 N–H and O–H groups in total. The highest BCUT2D eigenvalue weighted by atomic mass is 16.6. The number of benzene rings is 2. The average molecular weight is 517 g/mol. The van der Waals surface area contributed by atoms with E-state index in [0.29, 0.717) is 54.7 Å². The minimum Gasteiger partial charge on any atom is -0.492 e. The van der Waals surface area contributed by atoms with Gasteiger partial charge in [0, 0.05) is 30.6 Å². The average Bonchev–Trinajstić information content (AvgIpc) is 3.27. The first kappa shape index (κ1) is 26.9. The van der Waals surface area contributed by atoms with Crippen molar-refractivity contribution >= 4 is 11.9 Å². The van der Waals surface area contributed by atoms with Crippen LogP contribution in [0.25, 0.3) is 22.8 Å². The lowest BCUT2D eigenvalue weighted by molar-refractivity contribution is -0.156. The van der Waals surface area contributed by atoms with Gasteiger partial charge in [0.1, 0.15) is 17.4 Å². The summed E-state index contributed by atoms with van der Waals surface area (Å²) in [6, 6.07) is 13.4. The van der Waals surface area contributed by atoms with Crippen LogP contribution in [0.2, 0.25) is 0 Å². The van der Waals surface area contributed by atoms with Crippen molar-refractivity contribution in [2.45, 2.75) is 59.0 Å². The number of nitrogens with zero attached hydrogens (tertiary/aromatic N) is 4. The van der Waals surface area contributed by atoms with Crippen molar-refractivity contribution in [3.63, 3.8) is 0 Å². The van der Waals surface area contributed by atoms with Crippen LogP contribution >= 0.6 is 0 Å². The third-order valence-corrected chi connectivity index (χ3v) is 6.16. The van der Waals surface area contributed by atoms with Gasteiger partial charge in [0.2, 0.25) is 11.7 Å². The SMILES string of the molecule is CCOc1ccc(-c2nc(-c3ccc4c(c3)CCN(C(=O)CCC(=O)OC(C)(C)C)CC4)no2)cc1C#N. The quantitative estimate of drug-likeness (QED) is 0.414. The van der Waals surface area contributed by atoms with E-state index in [2.05, 4.69) is 16.2 Å². The van der Waals surface area contributed by atoms with Crippen LogP contribution in [0.5, 0.6) is 5.75 Å². The van der Waals surface area contributed by atoms with E-state index in [1.165, 1.54) is 5.56 Å². The topological polar surface area (TPSA) is 119 Å². The lowest BCUT2D eigenvalue weighted by Crippen LogP contribution is -2.34. The molecule has 0 atom stereocenters. The Kier molecular flexibility index (Phi) is 8.10. The summed E-state index contributed by atoms with van der Waals surface area (Å²) in [5.41, 5.74) is 3.59. The smallest absolute Gasteiger partial charge is 0.306 e. The summed E-state index contributed by atoms with van der Waals surface area (Å²) >= 11 is 0. The summed E-state index contributed by atoms with van der Waals surface area (Å²) in [4.78, 5) is 31.1. The maximum Gasteiger partial charge on any atom is 0.306 e. The Hall–Kier alpha value is -4.19. The van der Waals surface area contributed by atoms with Crippen LogP contribution in [0.4, 0.5) is 0 Å². The summed E-state index contributed by atoms with van der Waals surface area (Å²) in [7, 11) is 0. The van der Waals surface area contributed by atoms with Crippen molar-refractivity contribution < 1.29 is 23.6 Å². The van der Waals surface area contributed by atoms with E-state index >= 15 is 0 Å². The van der Waals surface area contributed by atoms with Crippen molar-refractivity contribution in [2.24, 2.45) is 0 Å². The van der Waals surface area contributed by atoms with Crippen LogP contribution in [0.15, 0.2) is 40.9 Å². The van der Waals surface area contributed by atoms with Gasteiger partial charge in [-0.05, 0) is 75.9 Å². The molecule has 9 nitrogen and oxygen atoms in total. The van der Waals surface area contributed by atoms with Crippen LogP contribution in [-0.4, -0.2) is 52.2 Å². The molecule has 9 heteroatoms. The third-order valence-electron chi connectivity index (χ3n) is 6.16. The molecule has 38 heavy (non-hydrogen) atoms. The van der Waals surface area contributed by atoms with E-state index in [1.807, 2.05) is 50.8 Å². The summed E-state index contributed by atoms with van der Waals surface area (Å²) in [6.07, 6.45) is 1.64. The molecule has 1 aromatic heterocycles. The second-order valence-corrected chi connectivity index (χ2v) is 10.1. The third kappa shape index (κ3) is 6.57. The second kappa shape index (κ2) is 11.5. The number of nitriles is 1. The van der Waals surface area contributed by atoms with Crippen LogP contribution < -0.4 is 4.74 Å². The number of carbonyl (C=O) groups is 2. The number of hydrogen-bond donors (Lipinski definition) is 0. The number of hydrogen-bond acceptors (Lipinski definition) is 8. The fourth-order valence-electron chi connectivity index (χ4n) is 4.36. The van der Waals surface area contributed by atoms with Gasteiger partial charge in [0.05, 0.1) is 18.6 Å². The number of fused-ring (bicyclic) bond motifs is 1. The highest BCUT2D eigenvalue weighted by molar-refractivity contribution is 5.81. The number of aromatic nitrogens is 2. The van der Waals surface area contributed by atoms with E-state index < -0.39 is 5.60 Å². The first-order chi connectivity index (χ1) is 18.2. The van der Waals surface area contributed by atoms with Crippen molar-refractivity contribution in [2.75, 3.05) is 19.7 Å². The standard InChI is InChI=1S/C29H32N4O5/c1-5-36-24-9-8-22(17-23(24)18-30)28-31-27(32-38-28)21-7-6-19-12-14-33(15-13-20(19)16-21)25(34)10-11-26(35)37-29(2,3)4/h6-9,16-17H,5,10-15H2,1-4H3. The highest BCUT2D eigenvalue weighted by Gasteiger charge is 2.22. The molecule has 0 bridgehead atoms. The van der Waals surface area contributed by atoms with Crippen LogP contribution in [0.3, 0.4) is 0 Å². The summed E-state index contributed by atoms with van der Waals surface area (Å²) < 4.78 is 16.3. The lowest BCUT2D eigenvalue weighted by Gasteiger charge is -2.22. The molecule has 2 aromatic carbocycles. The molecule has 198 valence electrons. The van der Waals surface area contributed by atoms with E-state index in [-0.39, 0.29) is 24.7 Å². The minimum atomic E-state index is -0.560. The summed E-state index contributed by atoms with van der Waals surface area (Å²) in [5, 5.41) is 13.6. The van der Waals surface area contributed by atoms with E-state index in [1.54, 1.807) is 18.2 Å². The molecular weight excluding hydrogens is 484 g/mol. The zero-order chi connectivity index (χ0) is 27.3. The minimum absolute atomic E-state index is 0.0428. The van der Waals surface area contributed by atoms with Crippen LogP contribution in [0.1, 0.15) is 57.2 Å². The predicted octanol–water partition coefficient (Wildman–Crippen LogP) is 4.72. The van der Waals surface area contributed by atoms with Crippen molar-refractivity contribution in [3.8, 4) is 34.7 Å². The normalized spacial score (nSPS) is 13.3. The fraction of sp³-hybridized carbons (Fsp3) is 0.414. The zero-order valence-electron chi connectivity index (χ0n) is 22.2. The summed E-state index contributed by atoms with van der Waals surface area (Å²) in [5.74, 6) is 0.878. The van der Waals surface area contributed by atoms with Crippen LogP contribution in [0, 0.1) is 11.3 Å². The molecule has 0 saturated carbocycles. The van der Waals surface area contributed by atoms with Gasteiger partial charge in [-0.2, -0.15) is 10.2 Å². The van der Waals surface area contributed by atoms with Crippen molar-refractivity contribution in [3.05, 3.63) is 53.1 Å². The molecule has 1 aliphatic heterocycles. The van der Waals surface area contributed by atoms with Crippen LogP contribution in [-0.2, 0) is 27.2 Å². The molecule has 2 heterocycles. The molecule has 1 aliphatic rings. The molecule has 0 unspecified atom stereocenters. The van der Waals surface area contributed by atoms with Gasteiger partial charge in [0.25, 0.3) is 5.89 Å². The second-order valence-electron chi connectivity index (χ2n) is 10.1. The Bertz CT molecular complexity index is 1370. The number of esters is 1. The molecule has 0 fully saturated rings. The van der Waals surface area contributed by atoms with Gasteiger partial charge in [-0.15, -0.1) is 0 Å². The number of rotatable bonds is 7. The Labute approximate surface area is 222 Å². The Balaban J connectivity index is 1.42. The first-order valence-corrected chi connectivity index (χ1v) is 12.8. The van der Waals surface area contributed by atoms with Gasteiger partial charge >= 0.3 is 5.97 Å². The van der Waals surface area contributed by atoms with Gasteiger partial charge in [-0.1, -0.05) is 17.3 Å². The zero-order valence-corrected chi connectivity index (χ0v) is 22.2. The predicted molar refractivity (Wildman–Crippen MR) is 140 cm³/mol. The Morgan fingerprint density at radius 2 is 1.79 bits per heavy atom. The molecule has 0 aliphatic carbocycles. The van der Waals surface area contributed by atoms with Crippen molar-refractivity contribution in [1.29, 1.82) is 5.26 Å². The van der Waals surface area contributed by atoms with E-state index in [4.69, 9.17) is 14.0 Å². The number of amides is 1. The maximum absolute atomic E-state index is 12.8. The molecule has 0 saturated heterocycles. The van der Waals surface area contributed by atoms with Gasteiger partial charge < -0.3 is 18.9 Å². The Morgan fingerprint density at radius 1 is 1.05 bits per heavy atom. The molecule has 1 amide bonds. The van der Waals surface area contributed by atoms with Crippen molar-refractivity contribution in [1.82, 2.24) is 15.0 Å². The highest BCUT2D eigenvalue weighted by Crippen LogP contribution is 2.29.